The number of methoxy groups -OCH3 is 1. The van der Waals surface area contributed by atoms with E-state index in [1.165, 1.54) is 6.20 Å². The van der Waals surface area contributed by atoms with Gasteiger partial charge in [-0.1, -0.05) is 12.1 Å². The number of pyridine rings is 1. The third-order valence-corrected chi connectivity index (χ3v) is 5.91. The van der Waals surface area contributed by atoms with Gasteiger partial charge in [0.05, 0.1) is 13.2 Å². The standard InChI is InChI=1S/C21H21F2N7O/c1-31-15-4-2-3-13-17(15)27-21(25)30-20(13)28-19(29-30)12-7-11(8-12)14-6-5-10(9-26-14)16(24)18(22)23/h2-6,9,11-12,16,18H,7-8,24H2,1H3,(H2,25,27)/t11-,12+,16?. The highest BCUT2D eigenvalue weighted by molar-refractivity contribution is 5.95. The van der Waals surface area contributed by atoms with Crippen molar-refractivity contribution >= 4 is 22.5 Å². The SMILES string of the molecule is COc1cccc2c1nc(N)n1nc([C@H]3C[C@@H](c4ccc(C(N)C(F)F)cn4)C3)nc21. The average molecular weight is 425 g/mol. The number of nitrogen functional groups attached to an aromatic ring is 1. The minimum absolute atomic E-state index is 0.162. The van der Waals surface area contributed by atoms with Crippen LogP contribution in [0.4, 0.5) is 14.7 Å². The number of benzene rings is 1. The predicted molar refractivity (Wildman–Crippen MR) is 111 cm³/mol. The van der Waals surface area contributed by atoms with E-state index in [2.05, 4.69) is 15.1 Å². The molecule has 0 spiro atoms. The molecule has 1 aliphatic carbocycles. The molecule has 160 valence electrons. The second-order valence-corrected chi connectivity index (χ2v) is 7.77. The molecule has 8 nitrogen and oxygen atoms in total. The maximum absolute atomic E-state index is 12.8. The molecule has 5 rings (SSSR count). The molecule has 10 heteroatoms. The number of nitrogens with zero attached hydrogens (tertiary/aromatic N) is 5. The number of fused-ring (bicyclic) bond motifs is 3. The van der Waals surface area contributed by atoms with Crippen LogP contribution in [0.1, 0.15) is 47.8 Å². The fourth-order valence-corrected chi connectivity index (χ4v) is 4.05. The quantitative estimate of drug-likeness (QED) is 0.504. The lowest BCUT2D eigenvalue weighted by atomic mass is 9.72. The summed E-state index contributed by atoms with van der Waals surface area (Å²) >= 11 is 0. The van der Waals surface area contributed by atoms with Crippen LogP contribution in [0.25, 0.3) is 16.6 Å². The van der Waals surface area contributed by atoms with Crippen LogP contribution in [0.3, 0.4) is 0 Å². The molecular weight excluding hydrogens is 404 g/mol. The Morgan fingerprint density at radius 2 is 1.94 bits per heavy atom. The summed E-state index contributed by atoms with van der Waals surface area (Å²) in [5.74, 6) is 1.96. The van der Waals surface area contributed by atoms with E-state index in [4.69, 9.17) is 21.2 Å². The van der Waals surface area contributed by atoms with E-state index in [9.17, 15) is 8.78 Å². The lowest BCUT2D eigenvalue weighted by Crippen LogP contribution is -2.23. The summed E-state index contributed by atoms with van der Waals surface area (Å²) in [5, 5.41) is 5.40. The molecule has 1 unspecified atom stereocenters. The van der Waals surface area contributed by atoms with Crippen molar-refractivity contribution in [2.24, 2.45) is 5.73 Å². The number of hydrogen-bond acceptors (Lipinski definition) is 7. The summed E-state index contributed by atoms with van der Waals surface area (Å²) in [4.78, 5) is 13.5. The molecule has 1 aromatic carbocycles. The minimum Gasteiger partial charge on any atom is -0.494 e. The Bertz CT molecular complexity index is 1250. The Balaban J connectivity index is 1.38. The summed E-state index contributed by atoms with van der Waals surface area (Å²) in [6.45, 7) is 0. The van der Waals surface area contributed by atoms with E-state index in [1.54, 1.807) is 23.8 Å². The van der Waals surface area contributed by atoms with Gasteiger partial charge in [0, 0.05) is 29.1 Å². The summed E-state index contributed by atoms with van der Waals surface area (Å²) < 4.78 is 32.5. The molecule has 0 radical (unpaired) electrons. The Kier molecular flexibility index (Phi) is 4.66. The van der Waals surface area contributed by atoms with Gasteiger partial charge in [-0.3, -0.25) is 4.98 Å². The number of halogens is 2. The van der Waals surface area contributed by atoms with E-state index in [0.717, 1.165) is 23.9 Å². The Morgan fingerprint density at radius 1 is 1.13 bits per heavy atom. The van der Waals surface area contributed by atoms with Gasteiger partial charge in [-0.25, -0.2) is 18.7 Å². The highest BCUT2D eigenvalue weighted by Crippen LogP contribution is 2.46. The zero-order chi connectivity index (χ0) is 21.7. The van der Waals surface area contributed by atoms with Crippen LogP contribution in [0.2, 0.25) is 0 Å². The third kappa shape index (κ3) is 3.23. The molecule has 3 heterocycles. The normalized spacial score (nSPS) is 19.6. The average Bonchev–Trinajstić information content (AvgIpc) is 3.18. The lowest BCUT2D eigenvalue weighted by Gasteiger charge is -2.33. The van der Waals surface area contributed by atoms with Crippen LogP contribution in [-0.4, -0.2) is 38.1 Å². The fourth-order valence-electron chi connectivity index (χ4n) is 4.05. The van der Waals surface area contributed by atoms with Crippen LogP contribution < -0.4 is 16.2 Å². The van der Waals surface area contributed by atoms with E-state index in [-0.39, 0.29) is 17.8 Å². The third-order valence-electron chi connectivity index (χ3n) is 5.91. The molecule has 1 atom stereocenters. The van der Waals surface area contributed by atoms with Gasteiger partial charge < -0.3 is 16.2 Å². The molecule has 0 amide bonds. The second kappa shape index (κ2) is 7.38. The molecule has 0 saturated heterocycles. The molecule has 1 fully saturated rings. The maximum Gasteiger partial charge on any atom is 0.257 e. The highest BCUT2D eigenvalue weighted by Gasteiger charge is 2.35. The second-order valence-electron chi connectivity index (χ2n) is 7.77. The highest BCUT2D eigenvalue weighted by atomic mass is 19.3. The summed E-state index contributed by atoms with van der Waals surface area (Å²) in [6.07, 6.45) is 0.464. The van der Waals surface area contributed by atoms with E-state index >= 15 is 0 Å². The van der Waals surface area contributed by atoms with Crippen LogP contribution in [0, 0.1) is 0 Å². The van der Waals surface area contributed by atoms with Crippen molar-refractivity contribution in [3.63, 3.8) is 0 Å². The molecule has 0 aliphatic heterocycles. The molecule has 1 aliphatic rings. The van der Waals surface area contributed by atoms with Gasteiger partial charge in [-0.05, 0) is 36.6 Å². The molecule has 4 aromatic rings. The summed E-state index contributed by atoms with van der Waals surface area (Å²) in [7, 11) is 1.59. The largest absolute Gasteiger partial charge is 0.494 e. The number of para-hydroxylation sites is 1. The van der Waals surface area contributed by atoms with Gasteiger partial charge >= 0.3 is 0 Å². The van der Waals surface area contributed by atoms with E-state index in [1.807, 2.05) is 18.2 Å². The first-order valence-electron chi connectivity index (χ1n) is 9.94. The van der Waals surface area contributed by atoms with E-state index < -0.39 is 12.5 Å². The molecule has 31 heavy (non-hydrogen) atoms. The summed E-state index contributed by atoms with van der Waals surface area (Å²) in [6, 6.07) is 7.70. The number of ether oxygens (including phenoxy) is 1. The number of alkyl halides is 2. The number of rotatable bonds is 5. The Hall–Kier alpha value is -3.40. The van der Waals surface area contributed by atoms with Crippen molar-refractivity contribution < 1.29 is 13.5 Å². The number of hydrogen-bond donors (Lipinski definition) is 2. The molecule has 1 saturated carbocycles. The Morgan fingerprint density at radius 3 is 2.61 bits per heavy atom. The zero-order valence-corrected chi connectivity index (χ0v) is 16.7. The van der Waals surface area contributed by atoms with Crippen LogP contribution in [0.15, 0.2) is 36.5 Å². The van der Waals surface area contributed by atoms with Gasteiger partial charge in [-0.2, -0.15) is 4.52 Å². The maximum atomic E-state index is 12.8. The van der Waals surface area contributed by atoms with Crippen LogP contribution in [-0.2, 0) is 0 Å². The monoisotopic (exact) mass is 425 g/mol. The van der Waals surface area contributed by atoms with E-state index in [0.29, 0.717) is 28.3 Å². The van der Waals surface area contributed by atoms with Crippen molar-refractivity contribution in [3.05, 3.63) is 53.6 Å². The first-order chi connectivity index (χ1) is 15.0. The lowest BCUT2D eigenvalue weighted by molar-refractivity contribution is 0.116. The topological polar surface area (TPSA) is 117 Å². The van der Waals surface area contributed by atoms with Gasteiger partial charge in [-0.15, -0.1) is 5.10 Å². The smallest absolute Gasteiger partial charge is 0.257 e. The fraction of sp³-hybridized carbons (Fsp3) is 0.333. The predicted octanol–water partition coefficient (Wildman–Crippen LogP) is 3.19. The van der Waals surface area contributed by atoms with Gasteiger partial charge in [0.1, 0.15) is 11.3 Å². The van der Waals surface area contributed by atoms with Gasteiger partial charge in [0.2, 0.25) is 5.95 Å². The van der Waals surface area contributed by atoms with Gasteiger partial charge in [0.15, 0.2) is 11.5 Å². The zero-order valence-electron chi connectivity index (χ0n) is 16.7. The van der Waals surface area contributed by atoms with Gasteiger partial charge in [0.25, 0.3) is 6.43 Å². The molecule has 4 N–H and O–H groups in total. The first kappa shape index (κ1) is 19.6. The Labute approximate surface area is 176 Å². The number of aromatic nitrogens is 5. The van der Waals surface area contributed by atoms with Crippen molar-refractivity contribution in [3.8, 4) is 5.75 Å². The minimum atomic E-state index is -2.61. The van der Waals surface area contributed by atoms with Crippen LogP contribution >= 0.6 is 0 Å². The molecule has 0 bridgehead atoms. The van der Waals surface area contributed by atoms with Crippen LogP contribution in [0.5, 0.6) is 5.75 Å². The van der Waals surface area contributed by atoms with Crippen molar-refractivity contribution in [2.75, 3.05) is 12.8 Å². The number of nitrogens with two attached hydrogens (primary N) is 2. The molecule has 3 aromatic heterocycles. The molecular formula is C21H21F2N7O. The van der Waals surface area contributed by atoms with Crippen molar-refractivity contribution in [1.82, 2.24) is 24.6 Å². The first-order valence-corrected chi connectivity index (χ1v) is 9.94. The van der Waals surface area contributed by atoms with Crippen molar-refractivity contribution in [1.29, 1.82) is 0 Å². The van der Waals surface area contributed by atoms with Crippen molar-refractivity contribution in [2.45, 2.75) is 37.1 Å². The number of anilines is 1. The summed E-state index contributed by atoms with van der Waals surface area (Å²) in [5.41, 5.74) is 14.1.